The summed E-state index contributed by atoms with van der Waals surface area (Å²) in [6, 6.07) is 4.82. The van der Waals surface area contributed by atoms with E-state index >= 15 is 0 Å². The molecule has 136 valence electrons. The normalized spacial score (nSPS) is 12.2. The molecule has 2 N–H and O–H groups in total. The molecule has 0 bridgehead atoms. The van der Waals surface area contributed by atoms with Gasteiger partial charge < -0.3 is 5.32 Å². The summed E-state index contributed by atoms with van der Waals surface area (Å²) in [5, 5.41) is 5.16. The highest BCUT2D eigenvalue weighted by Gasteiger charge is 2.30. The van der Waals surface area contributed by atoms with Gasteiger partial charge in [-0.05, 0) is 31.2 Å². The molecule has 1 aromatic carbocycles. The number of sulfonamides is 1. The first-order valence-corrected chi connectivity index (χ1v) is 9.29. The molecule has 25 heavy (non-hydrogen) atoms. The Labute approximate surface area is 146 Å². The topological polar surface area (TPSA) is 88.2 Å². The molecule has 0 radical (unpaired) electrons. The van der Waals surface area contributed by atoms with Crippen LogP contribution in [0.25, 0.3) is 0 Å². The van der Waals surface area contributed by atoms with E-state index in [-0.39, 0.29) is 17.2 Å². The number of aromatic nitrogens is 1. The minimum Gasteiger partial charge on any atom is -0.326 e. The zero-order valence-electron chi connectivity index (χ0n) is 12.9. The average Bonchev–Trinajstić information content (AvgIpc) is 2.90. The summed E-state index contributed by atoms with van der Waals surface area (Å²) in [7, 11) is -4.28. The van der Waals surface area contributed by atoms with E-state index in [0.717, 1.165) is 17.1 Å². The molecule has 0 aliphatic rings. The van der Waals surface area contributed by atoms with Crippen LogP contribution in [0.3, 0.4) is 0 Å². The molecule has 2 rings (SSSR count). The van der Waals surface area contributed by atoms with E-state index in [1.54, 1.807) is 5.38 Å². The maximum absolute atomic E-state index is 12.1. The lowest BCUT2D eigenvalue weighted by atomic mass is 10.3. The molecule has 0 aliphatic heterocycles. The Hall–Kier alpha value is -1.98. The fourth-order valence-electron chi connectivity index (χ4n) is 1.84. The van der Waals surface area contributed by atoms with Gasteiger partial charge in [0.15, 0.2) is 0 Å². The van der Waals surface area contributed by atoms with Crippen LogP contribution in [0.15, 0.2) is 34.5 Å². The highest BCUT2D eigenvalue weighted by molar-refractivity contribution is 7.89. The van der Waals surface area contributed by atoms with Gasteiger partial charge in [-0.3, -0.25) is 4.79 Å². The van der Waals surface area contributed by atoms with Crippen molar-refractivity contribution in [3.05, 3.63) is 40.3 Å². The second-order valence-electron chi connectivity index (χ2n) is 5.05. The first kappa shape index (κ1) is 19.3. The SMILES string of the molecule is Cc1nc(CC(=O)Nc2ccc(S(=O)(=O)NCC(F)(F)F)cc2)cs1. The zero-order chi connectivity index (χ0) is 18.7. The molecule has 2 aromatic rings. The van der Waals surface area contributed by atoms with Crippen LogP contribution < -0.4 is 10.0 Å². The number of rotatable bonds is 6. The van der Waals surface area contributed by atoms with Crippen LogP contribution in [-0.4, -0.2) is 32.0 Å². The van der Waals surface area contributed by atoms with Gasteiger partial charge in [-0.25, -0.2) is 18.1 Å². The number of alkyl halides is 3. The molecule has 1 aromatic heterocycles. The molecule has 0 aliphatic carbocycles. The van der Waals surface area contributed by atoms with Gasteiger partial charge in [-0.2, -0.15) is 13.2 Å². The molecule has 0 saturated heterocycles. The monoisotopic (exact) mass is 393 g/mol. The third-order valence-electron chi connectivity index (χ3n) is 2.92. The number of thiazole rings is 1. The largest absolute Gasteiger partial charge is 0.402 e. The fourth-order valence-corrected chi connectivity index (χ4v) is 3.46. The van der Waals surface area contributed by atoms with Crippen molar-refractivity contribution in [2.24, 2.45) is 0 Å². The van der Waals surface area contributed by atoms with Crippen molar-refractivity contribution in [1.82, 2.24) is 9.71 Å². The molecule has 0 atom stereocenters. The maximum Gasteiger partial charge on any atom is 0.402 e. The summed E-state index contributed by atoms with van der Waals surface area (Å²) in [6.07, 6.45) is -4.58. The van der Waals surface area contributed by atoms with Crippen molar-refractivity contribution in [1.29, 1.82) is 0 Å². The Kier molecular flexibility index (Phi) is 5.80. The molecular formula is C14H14F3N3O3S2. The van der Waals surface area contributed by atoms with Crippen molar-refractivity contribution >= 4 is 33.0 Å². The number of nitrogens with one attached hydrogen (secondary N) is 2. The number of anilines is 1. The smallest absolute Gasteiger partial charge is 0.326 e. The summed E-state index contributed by atoms with van der Waals surface area (Å²) in [5.74, 6) is -0.337. The number of carbonyl (C=O) groups is 1. The van der Waals surface area contributed by atoms with Gasteiger partial charge in [-0.1, -0.05) is 0 Å². The van der Waals surface area contributed by atoms with Gasteiger partial charge in [0.1, 0.15) is 6.54 Å². The minimum absolute atomic E-state index is 0.0670. The quantitative estimate of drug-likeness (QED) is 0.789. The summed E-state index contributed by atoms with van der Waals surface area (Å²) in [5.41, 5.74) is 0.947. The number of benzene rings is 1. The number of aryl methyl sites for hydroxylation is 1. The Balaban J connectivity index is 1.98. The first-order chi connectivity index (χ1) is 11.5. The number of amides is 1. The summed E-state index contributed by atoms with van der Waals surface area (Å²) >= 11 is 1.42. The average molecular weight is 393 g/mol. The van der Waals surface area contributed by atoms with Gasteiger partial charge in [0, 0.05) is 11.1 Å². The Morgan fingerprint density at radius 1 is 1.24 bits per heavy atom. The van der Waals surface area contributed by atoms with Crippen molar-refractivity contribution < 1.29 is 26.4 Å². The predicted molar refractivity (Wildman–Crippen MR) is 86.9 cm³/mol. The number of hydrogen-bond donors (Lipinski definition) is 2. The second kappa shape index (κ2) is 7.50. The summed E-state index contributed by atoms with van der Waals surface area (Å²) in [6.45, 7) is 0.166. The second-order valence-corrected chi connectivity index (χ2v) is 7.88. The van der Waals surface area contributed by atoms with Crippen LogP contribution >= 0.6 is 11.3 Å². The van der Waals surface area contributed by atoms with Crippen LogP contribution in [0.1, 0.15) is 10.7 Å². The van der Waals surface area contributed by atoms with Crippen molar-refractivity contribution in [3.63, 3.8) is 0 Å². The van der Waals surface area contributed by atoms with Crippen LogP contribution in [0.5, 0.6) is 0 Å². The van der Waals surface area contributed by atoms with Crippen LogP contribution in [0.4, 0.5) is 18.9 Å². The molecule has 0 spiro atoms. The van der Waals surface area contributed by atoms with Gasteiger partial charge in [0.05, 0.1) is 22.0 Å². The molecule has 1 heterocycles. The first-order valence-electron chi connectivity index (χ1n) is 6.92. The molecule has 0 unspecified atom stereocenters. The van der Waals surface area contributed by atoms with E-state index in [2.05, 4.69) is 10.3 Å². The number of nitrogens with zero attached hydrogens (tertiary/aromatic N) is 1. The number of carbonyl (C=O) groups excluding carboxylic acids is 1. The van der Waals surface area contributed by atoms with E-state index in [1.165, 1.54) is 28.2 Å². The van der Waals surface area contributed by atoms with Crippen molar-refractivity contribution in [2.75, 3.05) is 11.9 Å². The molecule has 0 saturated carbocycles. The van der Waals surface area contributed by atoms with Crippen molar-refractivity contribution in [2.45, 2.75) is 24.4 Å². The molecule has 0 fully saturated rings. The van der Waals surface area contributed by atoms with Gasteiger partial charge in [-0.15, -0.1) is 11.3 Å². The molecule has 11 heteroatoms. The van der Waals surface area contributed by atoms with E-state index in [1.807, 2.05) is 6.92 Å². The standard InChI is InChI=1S/C14H14F3N3O3S2/c1-9-19-11(7-24-9)6-13(21)20-10-2-4-12(5-3-10)25(22,23)18-8-14(15,16)17/h2-5,7,18H,6,8H2,1H3,(H,20,21). The Morgan fingerprint density at radius 3 is 2.40 bits per heavy atom. The highest BCUT2D eigenvalue weighted by atomic mass is 32.2. The lowest BCUT2D eigenvalue weighted by Crippen LogP contribution is -2.33. The Bertz CT molecular complexity index is 846. The third kappa shape index (κ3) is 6.11. The fraction of sp³-hybridized carbons (Fsp3) is 0.286. The highest BCUT2D eigenvalue weighted by Crippen LogP contribution is 2.17. The van der Waals surface area contributed by atoms with Crippen LogP contribution in [0, 0.1) is 6.92 Å². The summed E-state index contributed by atoms with van der Waals surface area (Å²) in [4.78, 5) is 15.7. The van der Waals surface area contributed by atoms with E-state index in [0.29, 0.717) is 11.4 Å². The zero-order valence-corrected chi connectivity index (χ0v) is 14.6. The van der Waals surface area contributed by atoms with Gasteiger partial charge >= 0.3 is 6.18 Å². The number of hydrogen-bond acceptors (Lipinski definition) is 5. The lowest BCUT2D eigenvalue weighted by Gasteiger charge is -2.10. The van der Waals surface area contributed by atoms with Gasteiger partial charge in [0.2, 0.25) is 15.9 Å². The van der Waals surface area contributed by atoms with E-state index < -0.39 is 22.7 Å². The molecule has 6 nitrogen and oxygen atoms in total. The van der Waals surface area contributed by atoms with Crippen LogP contribution in [-0.2, 0) is 21.2 Å². The van der Waals surface area contributed by atoms with Gasteiger partial charge in [0.25, 0.3) is 0 Å². The van der Waals surface area contributed by atoms with E-state index in [9.17, 15) is 26.4 Å². The molecule has 1 amide bonds. The number of halogens is 3. The van der Waals surface area contributed by atoms with Crippen molar-refractivity contribution in [3.8, 4) is 0 Å². The van der Waals surface area contributed by atoms with Crippen LogP contribution in [0.2, 0.25) is 0 Å². The molecular weight excluding hydrogens is 379 g/mol. The minimum atomic E-state index is -4.64. The third-order valence-corrected chi connectivity index (χ3v) is 5.16. The predicted octanol–water partition coefficient (Wildman–Crippen LogP) is 2.47. The summed E-state index contributed by atoms with van der Waals surface area (Å²) < 4.78 is 61.3. The van der Waals surface area contributed by atoms with E-state index in [4.69, 9.17) is 0 Å². The Morgan fingerprint density at radius 2 is 1.88 bits per heavy atom. The lowest BCUT2D eigenvalue weighted by molar-refractivity contribution is -0.121. The maximum atomic E-state index is 12.1.